The molecule has 0 saturated heterocycles. The van der Waals surface area contributed by atoms with Crippen molar-refractivity contribution in [1.29, 1.82) is 0 Å². The lowest BCUT2D eigenvalue weighted by Gasteiger charge is -2.25. The van der Waals surface area contributed by atoms with E-state index >= 15 is 0 Å². The SMILES string of the molecule is CC(c1ccccc1)N(C)C(=O)Nc1ccccc1Br. The Morgan fingerprint density at radius 1 is 1.10 bits per heavy atom. The third-order valence-electron chi connectivity index (χ3n) is 3.30. The van der Waals surface area contributed by atoms with Crippen LogP contribution in [0.3, 0.4) is 0 Å². The molecule has 104 valence electrons. The van der Waals surface area contributed by atoms with E-state index in [0.717, 1.165) is 15.7 Å². The van der Waals surface area contributed by atoms with Gasteiger partial charge in [-0.05, 0) is 40.5 Å². The normalized spacial score (nSPS) is 11.8. The molecular formula is C16H17BrN2O. The minimum Gasteiger partial charge on any atom is -0.321 e. The Morgan fingerprint density at radius 3 is 2.35 bits per heavy atom. The lowest BCUT2D eigenvalue weighted by Crippen LogP contribution is -2.33. The van der Waals surface area contributed by atoms with Gasteiger partial charge < -0.3 is 10.2 Å². The predicted molar refractivity (Wildman–Crippen MR) is 85.8 cm³/mol. The fourth-order valence-electron chi connectivity index (χ4n) is 1.90. The van der Waals surface area contributed by atoms with Crippen molar-refractivity contribution < 1.29 is 4.79 Å². The molecule has 2 amide bonds. The highest BCUT2D eigenvalue weighted by atomic mass is 79.9. The minimum absolute atomic E-state index is 0.0127. The molecule has 2 aromatic carbocycles. The van der Waals surface area contributed by atoms with E-state index in [1.165, 1.54) is 0 Å². The lowest BCUT2D eigenvalue weighted by atomic mass is 10.1. The minimum atomic E-state index is -0.131. The van der Waals surface area contributed by atoms with Crippen molar-refractivity contribution in [2.45, 2.75) is 13.0 Å². The number of amides is 2. The number of anilines is 1. The van der Waals surface area contributed by atoms with Crippen LogP contribution in [0.2, 0.25) is 0 Å². The molecule has 2 aromatic rings. The summed E-state index contributed by atoms with van der Waals surface area (Å²) in [5, 5.41) is 2.90. The molecule has 2 rings (SSSR count). The Labute approximate surface area is 127 Å². The van der Waals surface area contributed by atoms with Crippen LogP contribution in [0, 0.1) is 0 Å². The van der Waals surface area contributed by atoms with Crippen LogP contribution in [0.1, 0.15) is 18.5 Å². The van der Waals surface area contributed by atoms with E-state index in [-0.39, 0.29) is 12.1 Å². The van der Waals surface area contributed by atoms with E-state index < -0.39 is 0 Å². The molecule has 0 aliphatic carbocycles. The number of carbonyl (C=O) groups excluding carboxylic acids is 1. The molecule has 0 saturated carbocycles. The molecule has 1 atom stereocenters. The van der Waals surface area contributed by atoms with E-state index in [1.54, 1.807) is 11.9 Å². The van der Waals surface area contributed by atoms with Crippen molar-refractivity contribution >= 4 is 27.6 Å². The number of para-hydroxylation sites is 1. The fraction of sp³-hybridized carbons (Fsp3) is 0.188. The number of hydrogen-bond acceptors (Lipinski definition) is 1. The van der Waals surface area contributed by atoms with Crippen LogP contribution < -0.4 is 5.32 Å². The van der Waals surface area contributed by atoms with Crippen LogP contribution >= 0.6 is 15.9 Å². The number of rotatable bonds is 3. The van der Waals surface area contributed by atoms with Gasteiger partial charge in [0.05, 0.1) is 11.7 Å². The maximum atomic E-state index is 12.3. The molecule has 3 nitrogen and oxygen atoms in total. The summed E-state index contributed by atoms with van der Waals surface area (Å²) < 4.78 is 0.870. The van der Waals surface area contributed by atoms with Gasteiger partial charge in [-0.25, -0.2) is 4.79 Å². The topological polar surface area (TPSA) is 32.3 Å². The standard InChI is InChI=1S/C16H17BrN2O/c1-12(13-8-4-3-5-9-13)19(2)16(20)18-15-11-7-6-10-14(15)17/h3-12H,1-2H3,(H,18,20). The number of hydrogen-bond donors (Lipinski definition) is 1. The van der Waals surface area contributed by atoms with E-state index in [0.29, 0.717) is 0 Å². The summed E-state index contributed by atoms with van der Waals surface area (Å²) in [6.07, 6.45) is 0. The van der Waals surface area contributed by atoms with Crippen LogP contribution in [0.4, 0.5) is 10.5 Å². The summed E-state index contributed by atoms with van der Waals surface area (Å²) in [4.78, 5) is 14.0. The molecule has 0 bridgehead atoms. The molecule has 1 unspecified atom stereocenters. The Hall–Kier alpha value is -1.81. The zero-order valence-corrected chi connectivity index (χ0v) is 13.1. The highest BCUT2D eigenvalue weighted by Gasteiger charge is 2.17. The Morgan fingerprint density at radius 2 is 1.70 bits per heavy atom. The summed E-state index contributed by atoms with van der Waals surface area (Å²) in [6, 6.07) is 17.4. The highest BCUT2D eigenvalue weighted by Crippen LogP contribution is 2.23. The number of benzene rings is 2. The van der Waals surface area contributed by atoms with E-state index in [9.17, 15) is 4.79 Å². The number of nitrogens with one attached hydrogen (secondary N) is 1. The Balaban J connectivity index is 2.08. The monoisotopic (exact) mass is 332 g/mol. The Bertz CT molecular complexity index is 586. The molecule has 0 fully saturated rings. The van der Waals surface area contributed by atoms with Crippen LogP contribution in [-0.2, 0) is 0 Å². The summed E-state index contributed by atoms with van der Waals surface area (Å²) in [5.41, 5.74) is 1.88. The first-order valence-corrected chi connectivity index (χ1v) is 7.22. The van der Waals surface area contributed by atoms with Gasteiger partial charge in [-0.2, -0.15) is 0 Å². The zero-order valence-electron chi connectivity index (χ0n) is 11.5. The molecule has 0 aliphatic rings. The predicted octanol–water partition coefficient (Wildman–Crippen LogP) is 4.67. The molecule has 1 N–H and O–H groups in total. The van der Waals surface area contributed by atoms with Crippen molar-refractivity contribution in [3.63, 3.8) is 0 Å². The molecule has 0 radical (unpaired) electrons. The summed E-state index contributed by atoms with van der Waals surface area (Å²) in [5.74, 6) is 0. The van der Waals surface area contributed by atoms with Crippen molar-refractivity contribution in [2.75, 3.05) is 12.4 Å². The summed E-state index contributed by atoms with van der Waals surface area (Å²) in [7, 11) is 1.80. The first kappa shape index (κ1) is 14.6. The smallest absolute Gasteiger partial charge is 0.321 e. The third-order valence-corrected chi connectivity index (χ3v) is 3.99. The summed E-state index contributed by atoms with van der Waals surface area (Å²) in [6.45, 7) is 2.01. The van der Waals surface area contributed by atoms with E-state index in [4.69, 9.17) is 0 Å². The van der Waals surface area contributed by atoms with Crippen LogP contribution in [0.25, 0.3) is 0 Å². The second kappa shape index (κ2) is 6.57. The van der Waals surface area contributed by atoms with E-state index in [2.05, 4.69) is 21.2 Å². The number of halogens is 1. The maximum Gasteiger partial charge on any atom is 0.322 e. The number of carbonyl (C=O) groups is 1. The highest BCUT2D eigenvalue weighted by molar-refractivity contribution is 9.10. The maximum absolute atomic E-state index is 12.3. The number of urea groups is 1. The van der Waals surface area contributed by atoms with Gasteiger partial charge in [0.25, 0.3) is 0 Å². The van der Waals surface area contributed by atoms with Gasteiger partial charge in [-0.15, -0.1) is 0 Å². The van der Waals surface area contributed by atoms with Gasteiger partial charge >= 0.3 is 6.03 Å². The van der Waals surface area contributed by atoms with Crippen molar-refractivity contribution in [3.8, 4) is 0 Å². The molecule has 0 aromatic heterocycles. The zero-order chi connectivity index (χ0) is 14.5. The second-order valence-corrected chi connectivity index (χ2v) is 5.46. The van der Waals surface area contributed by atoms with Gasteiger partial charge in [0, 0.05) is 11.5 Å². The quantitative estimate of drug-likeness (QED) is 0.869. The Kier molecular flexibility index (Phi) is 4.79. The van der Waals surface area contributed by atoms with Gasteiger partial charge in [-0.1, -0.05) is 42.5 Å². The lowest BCUT2D eigenvalue weighted by molar-refractivity contribution is 0.208. The molecule has 0 spiro atoms. The third kappa shape index (κ3) is 3.39. The number of nitrogens with zero attached hydrogens (tertiary/aromatic N) is 1. The fourth-order valence-corrected chi connectivity index (χ4v) is 2.28. The van der Waals surface area contributed by atoms with Crippen LogP contribution in [0.5, 0.6) is 0 Å². The van der Waals surface area contributed by atoms with Crippen LogP contribution in [-0.4, -0.2) is 18.0 Å². The summed E-state index contributed by atoms with van der Waals surface area (Å²) >= 11 is 3.42. The largest absolute Gasteiger partial charge is 0.322 e. The van der Waals surface area contributed by atoms with Gasteiger partial charge in [-0.3, -0.25) is 0 Å². The van der Waals surface area contributed by atoms with Gasteiger partial charge in [0.1, 0.15) is 0 Å². The first-order chi connectivity index (χ1) is 9.59. The molecule has 4 heteroatoms. The average molecular weight is 333 g/mol. The van der Waals surface area contributed by atoms with Crippen LogP contribution in [0.15, 0.2) is 59.1 Å². The second-order valence-electron chi connectivity index (χ2n) is 4.61. The van der Waals surface area contributed by atoms with Gasteiger partial charge in [0.2, 0.25) is 0 Å². The van der Waals surface area contributed by atoms with E-state index in [1.807, 2.05) is 61.5 Å². The molecule has 0 heterocycles. The molecular weight excluding hydrogens is 316 g/mol. The molecule has 20 heavy (non-hydrogen) atoms. The first-order valence-electron chi connectivity index (χ1n) is 6.43. The van der Waals surface area contributed by atoms with Gasteiger partial charge in [0.15, 0.2) is 0 Å². The molecule has 0 aliphatic heterocycles. The van der Waals surface area contributed by atoms with Crippen molar-refractivity contribution in [1.82, 2.24) is 4.90 Å². The van der Waals surface area contributed by atoms with Crippen molar-refractivity contribution in [2.24, 2.45) is 0 Å². The van der Waals surface area contributed by atoms with Crippen molar-refractivity contribution in [3.05, 3.63) is 64.6 Å². The average Bonchev–Trinajstić information content (AvgIpc) is 2.49.